The number of aryl methyl sites for hydroxylation is 1. The molecule has 2 heterocycles. The first kappa shape index (κ1) is 17.8. The van der Waals surface area contributed by atoms with Gasteiger partial charge in [-0.1, -0.05) is 19.1 Å². The molecule has 0 radical (unpaired) electrons. The van der Waals surface area contributed by atoms with Crippen LogP contribution in [0.2, 0.25) is 0 Å². The lowest BCUT2D eigenvalue weighted by Crippen LogP contribution is -2.27. The van der Waals surface area contributed by atoms with Gasteiger partial charge >= 0.3 is 0 Å². The van der Waals surface area contributed by atoms with Crippen LogP contribution in [0, 0.1) is 0 Å². The van der Waals surface area contributed by atoms with E-state index in [0.717, 1.165) is 11.3 Å². The number of aromatic nitrogens is 2. The molecule has 0 unspecified atom stereocenters. The number of benzene rings is 1. The fourth-order valence-corrected chi connectivity index (χ4v) is 2.91. The monoisotopic (exact) mass is 353 g/mol. The summed E-state index contributed by atoms with van der Waals surface area (Å²) in [5.41, 5.74) is 3.01. The molecule has 0 aliphatic carbocycles. The van der Waals surface area contributed by atoms with Crippen molar-refractivity contribution in [3.63, 3.8) is 0 Å². The van der Waals surface area contributed by atoms with Gasteiger partial charge in [0.15, 0.2) is 11.4 Å². The van der Waals surface area contributed by atoms with E-state index in [9.17, 15) is 9.90 Å². The van der Waals surface area contributed by atoms with E-state index in [4.69, 9.17) is 4.74 Å². The summed E-state index contributed by atoms with van der Waals surface area (Å²) in [6, 6.07) is 10.7. The largest absolute Gasteiger partial charge is 0.508 e. The lowest BCUT2D eigenvalue weighted by atomic mass is 10.1. The van der Waals surface area contributed by atoms with Crippen molar-refractivity contribution in [1.29, 1.82) is 0 Å². The number of nitrogens with zero attached hydrogens (tertiary/aromatic N) is 2. The first-order chi connectivity index (χ1) is 12.6. The smallest absolute Gasteiger partial charge is 0.270 e. The van der Waals surface area contributed by atoms with E-state index in [1.54, 1.807) is 16.5 Å². The Balaban J connectivity index is 1.78. The molecule has 6 heteroatoms. The number of carbonyl (C=O) groups excluding carboxylic acids is 1. The van der Waals surface area contributed by atoms with Gasteiger partial charge in [0.1, 0.15) is 11.4 Å². The van der Waals surface area contributed by atoms with Gasteiger partial charge in [0.2, 0.25) is 0 Å². The van der Waals surface area contributed by atoms with Gasteiger partial charge in [-0.25, -0.2) is 4.98 Å². The first-order valence-corrected chi connectivity index (χ1v) is 8.82. The standard InChI is InChI=1S/C20H23N3O3/c1-3-16-18(23-13-5-6-17(26-4-2)19(23)22-16)20(25)21-12-11-14-7-9-15(24)10-8-14/h5-10,13,24H,3-4,11-12H2,1-2H3,(H,21,25). The van der Waals surface area contributed by atoms with Crippen molar-refractivity contribution in [2.75, 3.05) is 13.2 Å². The summed E-state index contributed by atoms with van der Waals surface area (Å²) >= 11 is 0. The number of hydrogen-bond acceptors (Lipinski definition) is 4. The van der Waals surface area contributed by atoms with Gasteiger partial charge in [-0.15, -0.1) is 0 Å². The summed E-state index contributed by atoms with van der Waals surface area (Å²) in [5, 5.41) is 12.3. The average molecular weight is 353 g/mol. The fraction of sp³-hybridized carbons (Fsp3) is 0.300. The number of fused-ring (bicyclic) bond motifs is 1. The van der Waals surface area contributed by atoms with Crippen molar-refractivity contribution in [1.82, 2.24) is 14.7 Å². The Morgan fingerprint density at radius 2 is 2.00 bits per heavy atom. The quantitative estimate of drug-likeness (QED) is 0.685. The van der Waals surface area contributed by atoms with Gasteiger partial charge in [-0.2, -0.15) is 0 Å². The van der Waals surface area contributed by atoms with Crippen LogP contribution in [-0.4, -0.2) is 33.6 Å². The Hall–Kier alpha value is -3.02. The number of phenols is 1. The second-order valence-electron chi connectivity index (χ2n) is 5.93. The molecule has 0 saturated carbocycles. The molecule has 0 spiro atoms. The third kappa shape index (κ3) is 3.64. The van der Waals surface area contributed by atoms with Crippen LogP contribution < -0.4 is 10.1 Å². The third-order valence-corrected chi connectivity index (χ3v) is 4.17. The fourth-order valence-electron chi connectivity index (χ4n) is 2.91. The Morgan fingerprint density at radius 3 is 2.69 bits per heavy atom. The number of pyridine rings is 1. The predicted molar refractivity (Wildman–Crippen MR) is 99.9 cm³/mol. The SMILES string of the molecule is CCOc1cccn2c(C(=O)NCCc3ccc(O)cc3)c(CC)nc12. The van der Waals surface area contributed by atoms with Crippen LogP contribution in [0.15, 0.2) is 42.6 Å². The van der Waals surface area contributed by atoms with E-state index < -0.39 is 0 Å². The normalized spacial score (nSPS) is 10.8. The number of imidazole rings is 1. The van der Waals surface area contributed by atoms with E-state index in [-0.39, 0.29) is 11.7 Å². The Morgan fingerprint density at radius 1 is 1.23 bits per heavy atom. The molecular formula is C20H23N3O3. The summed E-state index contributed by atoms with van der Waals surface area (Å²) in [7, 11) is 0. The van der Waals surface area contributed by atoms with Crippen molar-refractivity contribution in [2.24, 2.45) is 0 Å². The Bertz CT molecular complexity index is 901. The maximum atomic E-state index is 12.8. The maximum absolute atomic E-state index is 12.8. The second-order valence-corrected chi connectivity index (χ2v) is 5.93. The first-order valence-electron chi connectivity index (χ1n) is 8.82. The number of hydrogen-bond donors (Lipinski definition) is 2. The summed E-state index contributed by atoms with van der Waals surface area (Å²) in [5.74, 6) is 0.760. The van der Waals surface area contributed by atoms with Gasteiger partial charge in [-0.3, -0.25) is 9.20 Å². The highest BCUT2D eigenvalue weighted by Crippen LogP contribution is 2.22. The number of aromatic hydroxyl groups is 1. The molecule has 3 rings (SSSR count). The molecule has 2 N–H and O–H groups in total. The van der Waals surface area contributed by atoms with Crippen LogP contribution in [0.25, 0.3) is 5.65 Å². The summed E-state index contributed by atoms with van der Waals surface area (Å²) in [6.07, 6.45) is 3.18. The molecule has 1 aromatic carbocycles. The number of amides is 1. The van der Waals surface area contributed by atoms with E-state index in [2.05, 4.69) is 10.3 Å². The van der Waals surface area contributed by atoms with Crippen molar-refractivity contribution in [3.05, 3.63) is 59.5 Å². The lowest BCUT2D eigenvalue weighted by Gasteiger charge is -2.08. The molecule has 0 aliphatic heterocycles. The van der Waals surface area contributed by atoms with Crippen molar-refractivity contribution >= 4 is 11.6 Å². The van der Waals surface area contributed by atoms with Crippen molar-refractivity contribution in [3.8, 4) is 11.5 Å². The van der Waals surface area contributed by atoms with Crippen molar-refractivity contribution in [2.45, 2.75) is 26.7 Å². The number of rotatable bonds is 7. The zero-order chi connectivity index (χ0) is 18.5. The maximum Gasteiger partial charge on any atom is 0.270 e. The van der Waals surface area contributed by atoms with Gasteiger partial charge in [-0.05, 0) is 49.6 Å². The lowest BCUT2D eigenvalue weighted by molar-refractivity contribution is 0.0947. The topological polar surface area (TPSA) is 75.9 Å². The van der Waals surface area contributed by atoms with Crippen LogP contribution in [0.1, 0.15) is 35.6 Å². The number of phenolic OH excluding ortho intramolecular Hbond substituents is 1. The highest BCUT2D eigenvalue weighted by atomic mass is 16.5. The van der Waals surface area contributed by atoms with E-state index >= 15 is 0 Å². The molecule has 0 atom stereocenters. The highest BCUT2D eigenvalue weighted by Gasteiger charge is 2.19. The molecule has 2 aromatic heterocycles. The van der Waals surface area contributed by atoms with Gasteiger partial charge in [0, 0.05) is 12.7 Å². The molecule has 0 aliphatic rings. The highest BCUT2D eigenvalue weighted by molar-refractivity contribution is 5.95. The van der Waals surface area contributed by atoms with Gasteiger partial charge < -0.3 is 15.2 Å². The molecule has 0 fully saturated rings. The van der Waals surface area contributed by atoms with Gasteiger partial charge in [0.25, 0.3) is 5.91 Å². The minimum Gasteiger partial charge on any atom is -0.508 e. The van der Waals surface area contributed by atoms with E-state index in [1.807, 2.05) is 44.3 Å². The van der Waals surface area contributed by atoms with E-state index in [0.29, 0.717) is 43.1 Å². The molecule has 3 aromatic rings. The third-order valence-electron chi connectivity index (χ3n) is 4.17. The van der Waals surface area contributed by atoms with Crippen LogP contribution >= 0.6 is 0 Å². The average Bonchev–Trinajstić information content (AvgIpc) is 3.03. The summed E-state index contributed by atoms with van der Waals surface area (Å²) in [6.45, 7) is 4.95. The second kappa shape index (κ2) is 7.91. The molecule has 6 nitrogen and oxygen atoms in total. The summed E-state index contributed by atoms with van der Waals surface area (Å²) in [4.78, 5) is 17.4. The van der Waals surface area contributed by atoms with Crippen LogP contribution in [0.4, 0.5) is 0 Å². The van der Waals surface area contributed by atoms with Crippen molar-refractivity contribution < 1.29 is 14.6 Å². The number of carbonyl (C=O) groups is 1. The van der Waals surface area contributed by atoms with Crippen LogP contribution in [-0.2, 0) is 12.8 Å². The zero-order valence-electron chi connectivity index (χ0n) is 15.0. The van der Waals surface area contributed by atoms with Gasteiger partial charge in [0.05, 0.1) is 12.3 Å². The molecule has 1 amide bonds. The molecular weight excluding hydrogens is 330 g/mol. The molecule has 136 valence electrons. The zero-order valence-corrected chi connectivity index (χ0v) is 15.0. The molecule has 0 bridgehead atoms. The summed E-state index contributed by atoms with van der Waals surface area (Å²) < 4.78 is 7.42. The van der Waals surface area contributed by atoms with Crippen LogP contribution in [0.5, 0.6) is 11.5 Å². The minimum atomic E-state index is -0.151. The Labute approximate surface area is 152 Å². The molecule has 0 saturated heterocycles. The van der Waals surface area contributed by atoms with Crippen LogP contribution in [0.3, 0.4) is 0 Å². The predicted octanol–water partition coefficient (Wildman–Crippen LogP) is 2.97. The number of nitrogens with one attached hydrogen (secondary N) is 1. The molecule has 26 heavy (non-hydrogen) atoms. The van der Waals surface area contributed by atoms with E-state index in [1.165, 1.54) is 0 Å². The Kier molecular flexibility index (Phi) is 5.41. The number of ether oxygens (including phenoxy) is 1. The minimum absolute atomic E-state index is 0.151.